The van der Waals surface area contributed by atoms with Crippen molar-refractivity contribution in [3.63, 3.8) is 0 Å². The van der Waals surface area contributed by atoms with E-state index in [4.69, 9.17) is 4.74 Å². The lowest BCUT2D eigenvalue weighted by molar-refractivity contribution is 0.104. The Hall–Kier alpha value is -2.00. The van der Waals surface area contributed by atoms with Crippen molar-refractivity contribution < 1.29 is 9.53 Å². The molecule has 0 saturated heterocycles. The summed E-state index contributed by atoms with van der Waals surface area (Å²) < 4.78 is 5.86. The number of ketones is 1. The number of carbonyl (C=O) groups excluding carboxylic acids is 1. The van der Waals surface area contributed by atoms with E-state index in [1.165, 1.54) is 0 Å². The van der Waals surface area contributed by atoms with Crippen LogP contribution in [0.2, 0.25) is 0 Å². The van der Waals surface area contributed by atoms with Crippen molar-refractivity contribution in [1.82, 2.24) is 0 Å². The summed E-state index contributed by atoms with van der Waals surface area (Å²) in [5.74, 6) is 0.897. The first-order valence-electron chi connectivity index (χ1n) is 7.83. The standard InChI is InChI=1S/C20H22O2S/c1-3-4-14-22-19-15-16(11-13-20(19)23-2)10-12-18(21)17-8-6-5-7-9-17/h5-13,15H,3-4,14H2,1-2H3. The normalized spacial score (nSPS) is 10.9. The van der Waals surface area contributed by atoms with Gasteiger partial charge in [0.25, 0.3) is 0 Å². The fraction of sp³-hybridized carbons (Fsp3) is 0.250. The predicted molar refractivity (Wildman–Crippen MR) is 98.4 cm³/mol. The van der Waals surface area contributed by atoms with E-state index in [2.05, 4.69) is 6.92 Å². The maximum atomic E-state index is 12.1. The van der Waals surface area contributed by atoms with Crippen molar-refractivity contribution >= 4 is 23.6 Å². The highest BCUT2D eigenvalue weighted by Crippen LogP contribution is 2.29. The third-order valence-electron chi connectivity index (χ3n) is 3.43. The molecule has 0 aliphatic rings. The molecule has 2 aromatic carbocycles. The van der Waals surface area contributed by atoms with Crippen LogP contribution >= 0.6 is 11.8 Å². The zero-order valence-electron chi connectivity index (χ0n) is 13.6. The number of carbonyl (C=O) groups is 1. The van der Waals surface area contributed by atoms with Crippen LogP contribution in [0.4, 0.5) is 0 Å². The SMILES string of the molecule is CCCCOc1cc(C=CC(=O)c2ccccc2)ccc1SC. The maximum absolute atomic E-state index is 12.1. The second kappa shape index (κ2) is 9.21. The van der Waals surface area contributed by atoms with E-state index in [9.17, 15) is 4.79 Å². The predicted octanol–water partition coefficient (Wildman–Crippen LogP) is 5.48. The van der Waals surface area contributed by atoms with Crippen LogP contribution in [0.1, 0.15) is 35.7 Å². The van der Waals surface area contributed by atoms with Gasteiger partial charge in [0.1, 0.15) is 5.75 Å². The monoisotopic (exact) mass is 326 g/mol. The van der Waals surface area contributed by atoms with Gasteiger partial charge in [-0.3, -0.25) is 4.79 Å². The van der Waals surface area contributed by atoms with E-state index in [0.29, 0.717) is 5.56 Å². The lowest BCUT2D eigenvalue weighted by Gasteiger charge is -2.10. The number of allylic oxidation sites excluding steroid dienone is 1. The van der Waals surface area contributed by atoms with Gasteiger partial charge in [-0.05, 0) is 36.4 Å². The molecule has 0 N–H and O–H groups in total. The molecule has 0 aliphatic heterocycles. The first kappa shape index (κ1) is 17.4. The molecule has 2 aromatic rings. The Morgan fingerprint density at radius 3 is 2.65 bits per heavy atom. The van der Waals surface area contributed by atoms with Gasteiger partial charge in [-0.25, -0.2) is 0 Å². The van der Waals surface area contributed by atoms with Crippen molar-refractivity contribution in [3.05, 3.63) is 65.7 Å². The van der Waals surface area contributed by atoms with E-state index in [1.54, 1.807) is 17.8 Å². The van der Waals surface area contributed by atoms with Crippen molar-refractivity contribution in [3.8, 4) is 5.75 Å². The average Bonchev–Trinajstić information content (AvgIpc) is 2.61. The molecule has 0 atom stereocenters. The van der Waals surface area contributed by atoms with Gasteiger partial charge in [0.2, 0.25) is 0 Å². The van der Waals surface area contributed by atoms with E-state index in [-0.39, 0.29) is 5.78 Å². The average molecular weight is 326 g/mol. The number of hydrogen-bond donors (Lipinski definition) is 0. The van der Waals surface area contributed by atoms with Gasteiger partial charge in [0.15, 0.2) is 5.78 Å². The van der Waals surface area contributed by atoms with Crippen LogP contribution in [-0.4, -0.2) is 18.6 Å². The van der Waals surface area contributed by atoms with Crippen LogP contribution in [-0.2, 0) is 0 Å². The molecule has 0 radical (unpaired) electrons. The Balaban J connectivity index is 2.11. The molecule has 0 heterocycles. The Kier molecular flexibility index (Phi) is 6.95. The van der Waals surface area contributed by atoms with Gasteiger partial charge in [-0.1, -0.05) is 55.8 Å². The Bertz CT molecular complexity index is 663. The number of ether oxygens (including phenoxy) is 1. The second-order valence-corrected chi connectivity index (χ2v) is 6.02. The first-order valence-corrected chi connectivity index (χ1v) is 9.05. The number of hydrogen-bond acceptors (Lipinski definition) is 3. The number of unbranched alkanes of at least 4 members (excludes halogenated alkanes) is 1. The van der Waals surface area contributed by atoms with E-state index in [0.717, 1.165) is 35.7 Å². The minimum Gasteiger partial charge on any atom is -0.492 e. The third-order valence-corrected chi connectivity index (χ3v) is 4.21. The van der Waals surface area contributed by atoms with Crippen LogP contribution in [0.25, 0.3) is 6.08 Å². The summed E-state index contributed by atoms with van der Waals surface area (Å²) >= 11 is 1.67. The Labute approximate surface area is 142 Å². The molecule has 0 fully saturated rings. The Morgan fingerprint density at radius 2 is 1.96 bits per heavy atom. The van der Waals surface area contributed by atoms with Gasteiger partial charge >= 0.3 is 0 Å². The van der Waals surface area contributed by atoms with Crippen LogP contribution < -0.4 is 4.74 Å². The van der Waals surface area contributed by atoms with Crippen LogP contribution in [0, 0.1) is 0 Å². The highest BCUT2D eigenvalue weighted by atomic mass is 32.2. The molecular formula is C20H22O2S. The molecule has 0 saturated carbocycles. The van der Waals surface area contributed by atoms with Gasteiger partial charge < -0.3 is 4.74 Å². The van der Waals surface area contributed by atoms with Crippen molar-refractivity contribution in [1.29, 1.82) is 0 Å². The maximum Gasteiger partial charge on any atom is 0.185 e. The molecule has 0 aliphatic carbocycles. The lowest BCUT2D eigenvalue weighted by Crippen LogP contribution is -1.98. The topological polar surface area (TPSA) is 26.3 Å². The molecule has 3 heteroatoms. The summed E-state index contributed by atoms with van der Waals surface area (Å²) in [5, 5.41) is 0. The summed E-state index contributed by atoms with van der Waals surface area (Å²) in [7, 11) is 0. The zero-order valence-corrected chi connectivity index (χ0v) is 14.4. The van der Waals surface area contributed by atoms with Gasteiger partial charge in [-0.15, -0.1) is 11.8 Å². The van der Waals surface area contributed by atoms with Crippen LogP contribution in [0.5, 0.6) is 5.75 Å². The fourth-order valence-corrected chi connectivity index (χ4v) is 2.63. The van der Waals surface area contributed by atoms with Crippen molar-refractivity contribution in [2.45, 2.75) is 24.7 Å². The third kappa shape index (κ3) is 5.29. The molecule has 0 aromatic heterocycles. The molecule has 0 unspecified atom stereocenters. The summed E-state index contributed by atoms with van der Waals surface area (Å²) in [6.45, 7) is 2.87. The fourth-order valence-electron chi connectivity index (χ4n) is 2.11. The van der Waals surface area contributed by atoms with Crippen LogP contribution in [0.3, 0.4) is 0 Å². The van der Waals surface area contributed by atoms with E-state index >= 15 is 0 Å². The number of thioether (sulfide) groups is 1. The van der Waals surface area contributed by atoms with E-state index in [1.807, 2.05) is 60.9 Å². The summed E-state index contributed by atoms with van der Waals surface area (Å²) in [5.41, 5.74) is 1.67. The summed E-state index contributed by atoms with van der Waals surface area (Å²) in [6.07, 6.45) is 7.64. The molecule has 23 heavy (non-hydrogen) atoms. The largest absolute Gasteiger partial charge is 0.492 e. The molecule has 0 bridgehead atoms. The van der Waals surface area contributed by atoms with Gasteiger partial charge in [-0.2, -0.15) is 0 Å². The quantitative estimate of drug-likeness (QED) is 0.278. The summed E-state index contributed by atoms with van der Waals surface area (Å²) in [4.78, 5) is 13.2. The summed E-state index contributed by atoms with van der Waals surface area (Å²) in [6, 6.07) is 15.3. The molecule has 2 rings (SSSR count). The first-order chi connectivity index (χ1) is 11.2. The van der Waals surface area contributed by atoms with E-state index < -0.39 is 0 Å². The Morgan fingerprint density at radius 1 is 1.17 bits per heavy atom. The molecule has 120 valence electrons. The number of benzene rings is 2. The minimum atomic E-state index is 0.00740. The zero-order chi connectivity index (χ0) is 16.5. The minimum absolute atomic E-state index is 0.00740. The van der Waals surface area contributed by atoms with Crippen molar-refractivity contribution in [2.75, 3.05) is 12.9 Å². The molecule has 0 spiro atoms. The number of rotatable bonds is 8. The molecule has 2 nitrogen and oxygen atoms in total. The van der Waals surface area contributed by atoms with Crippen LogP contribution in [0.15, 0.2) is 59.5 Å². The van der Waals surface area contributed by atoms with Gasteiger partial charge in [0.05, 0.1) is 6.61 Å². The van der Waals surface area contributed by atoms with Crippen molar-refractivity contribution in [2.24, 2.45) is 0 Å². The smallest absolute Gasteiger partial charge is 0.185 e. The highest BCUT2D eigenvalue weighted by molar-refractivity contribution is 7.98. The van der Waals surface area contributed by atoms with Gasteiger partial charge in [0, 0.05) is 10.5 Å². The highest BCUT2D eigenvalue weighted by Gasteiger charge is 2.04. The molecule has 0 amide bonds. The molecular weight excluding hydrogens is 304 g/mol. The second-order valence-electron chi connectivity index (χ2n) is 5.18. The lowest BCUT2D eigenvalue weighted by atomic mass is 10.1.